The van der Waals surface area contributed by atoms with Gasteiger partial charge in [-0.1, -0.05) is 18.0 Å². The minimum Gasteiger partial charge on any atom is -0.383 e. The Bertz CT molecular complexity index is 1140. The molecule has 1 fully saturated rings. The van der Waals surface area contributed by atoms with E-state index in [1.807, 2.05) is 42.1 Å². The Morgan fingerprint density at radius 2 is 1.97 bits per heavy atom. The number of rotatable bonds is 8. The van der Waals surface area contributed by atoms with Crippen LogP contribution < -0.4 is 5.32 Å². The summed E-state index contributed by atoms with van der Waals surface area (Å²) in [7, 11) is 1.61. The van der Waals surface area contributed by atoms with Crippen molar-refractivity contribution in [3.8, 4) is 0 Å². The lowest BCUT2D eigenvalue weighted by Gasteiger charge is -2.28. The Kier molecular flexibility index (Phi) is 7.46. The van der Waals surface area contributed by atoms with Crippen molar-refractivity contribution in [3.05, 3.63) is 64.3 Å². The summed E-state index contributed by atoms with van der Waals surface area (Å²) < 4.78 is 6.98. The lowest BCUT2D eigenvalue weighted by Crippen LogP contribution is -2.27. The molecule has 1 aromatic heterocycles. The Balaban J connectivity index is 1.45. The molecular weight excluding hydrogens is 438 g/mol. The van der Waals surface area contributed by atoms with Crippen LogP contribution in [0.3, 0.4) is 0 Å². The number of hydrogen-bond donors (Lipinski definition) is 1. The van der Waals surface area contributed by atoms with Crippen LogP contribution in [0.4, 0.5) is 0 Å². The number of ether oxygens (including phenoxy) is 1. The zero-order chi connectivity index (χ0) is 23.4. The Morgan fingerprint density at radius 3 is 2.73 bits per heavy atom. The predicted molar refractivity (Wildman–Crippen MR) is 130 cm³/mol. The van der Waals surface area contributed by atoms with E-state index in [0.717, 1.165) is 54.3 Å². The molecule has 1 saturated carbocycles. The number of fused-ring (bicyclic) bond motifs is 1. The second-order valence-corrected chi connectivity index (χ2v) is 9.31. The number of benzene rings is 2. The number of hydrogen-bond acceptors (Lipinski definition) is 4. The summed E-state index contributed by atoms with van der Waals surface area (Å²) in [4.78, 5) is 25.5. The zero-order valence-electron chi connectivity index (χ0n) is 19.1. The van der Waals surface area contributed by atoms with E-state index in [1.54, 1.807) is 19.2 Å². The third-order valence-electron chi connectivity index (χ3n) is 6.57. The lowest BCUT2D eigenvalue weighted by molar-refractivity contribution is 0.0855. The molecule has 2 unspecified atom stereocenters. The maximum atomic E-state index is 13.0. The number of carbonyl (C=O) groups is 2. The molecule has 0 radical (unpaired) electrons. The summed E-state index contributed by atoms with van der Waals surface area (Å²) in [6, 6.07) is 10.9. The highest BCUT2D eigenvalue weighted by Crippen LogP contribution is 2.33. The van der Waals surface area contributed by atoms with Crippen molar-refractivity contribution in [1.82, 2.24) is 15.1 Å². The monoisotopic (exact) mass is 467 g/mol. The van der Waals surface area contributed by atoms with Crippen molar-refractivity contribution >= 4 is 34.2 Å². The van der Waals surface area contributed by atoms with E-state index in [4.69, 9.17) is 21.4 Å². The summed E-state index contributed by atoms with van der Waals surface area (Å²) in [5.74, 6) is 0.544. The minimum atomic E-state index is -0.102. The summed E-state index contributed by atoms with van der Waals surface area (Å²) in [5.41, 5.74) is 3.20. The number of methoxy groups -OCH3 is 1. The number of carbonyl (C=O) groups excluding carboxylic acids is 2. The number of nitrogens with one attached hydrogen (secondary N) is 1. The van der Waals surface area contributed by atoms with E-state index in [9.17, 15) is 9.59 Å². The quantitative estimate of drug-likeness (QED) is 0.371. The highest BCUT2D eigenvalue weighted by molar-refractivity contribution is 6.30. The van der Waals surface area contributed by atoms with E-state index >= 15 is 0 Å². The first-order valence-corrected chi connectivity index (χ1v) is 11.9. The van der Waals surface area contributed by atoms with Gasteiger partial charge < -0.3 is 10.1 Å². The van der Waals surface area contributed by atoms with Gasteiger partial charge >= 0.3 is 0 Å². The number of ketones is 1. The third kappa shape index (κ3) is 5.45. The first-order chi connectivity index (χ1) is 16.0. The smallest absolute Gasteiger partial charge is 0.251 e. The van der Waals surface area contributed by atoms with E-state index in [0.29, 0.717) is 29.7 Å². The fourth-order valence-corrected chi connectivity index (χ4v) is 4.92. The highest BCUT2D eigenvalue weighted by atomic mass is 35.5. The number of amides is 1. The van der Waals surface area contributed by atoms with Gasteiger partial charge in [-0.25, -0.2) is 0 Å². The Labute approximate surface area is 199 Å². The van der Waals surface area contributed by atoms with Gasteiger partial charge in [-0.05, 0) is 74.1 Å². The van der Waals surface area contributed by atoms with Crippen LogP contribution in [0.2, 0.25) is 5.02 Å². The molecule has 0 bridgehead atoms. The van der Waals surface area contributed by atoms with Crippen LogP contribution in [0.25, 0.3) is 10.9 Å². The summed E-state index contributed by atoms with van der Waals surface area (Å²) in [6.45, 7) is 3.69. The molecule has 6 nitrogen and oxygen atoms in total. The zero-order valence-corrected chi connectivity index (χ0v) is 19.9. The van der Waals surface area contributed by atoms with Crippen LogP contribution >= 0.6 is 11.6 Å². The fourth-order valence-electron chi connectivity index (χ4n) is 4.79. The van der Waals surface area contributed by atoms with Crippen molar-refractivity contribution in [3.63, 3.8) is 0 Å². The van der Waals surface area contributed by atoms with Crippen molar-refractivity contribution < 1.29 is 14.3 Å². The van der Waals surface area contributed by atoms with Crippen LogP contribution in [0.1, 0.15) is 52.0 Å². The maximum absolute atomic E-state index is 13.0. The molecule has 7 heteroatoms. The van der Waals surface area contributed by atoms with Gasteiger partial charge in [0.1, 0.15) is 0 Å². The molecular formula is C26H30ClN3O3. The predicted octanol–water partition coefficient (Wildman–Crippen LogP) is 5.06. The molecule has 1 aliphatic rings. The summed E-state index contributed by atoms with van der Waals surface area (Å²) in [6.07, 6.45) is 5.96. The van der Waals surface area contributed by atoms with Crippen molar-refractivity contribution in [2.45, 2.75) is 39.2 Å². The van der Waals surface area contributed by atoms with Crippen molar-refractivity contribution in [2.24, 2.45) is 11.8 Å². The number of aryl methyl sites for hydroxylation is 1. The molecule has 1 aliphatic carbocycles. The molecule has 4 rings (SSSR count). The van der Waals surface area contributed by atoms with Gasteiger partial charge in [-0.2, -0.15) is 5.10 Å². The highest BCUT2D eigenvalue weighted by Gasteiger charge is 2.28. The van der Waals surface area contributed by atoms with E-state index < -0.39 is 0 Å². The normalized spacial score (nSPS) is 18.4. The van der Waals surface area contributed by atoms with E-state index in [1.165, 1.54) is 0 Å². The Hall–Kier alpha value is -2.70. The molecule has 33 heavy (non-hydrogen) atoms. The van der Waals surface area contributed by atoms with Crippen LogP contribution in [0.5, 0.6) is 0 Å². The number of halogens is 1. The van der Waals surface area contributed by atoms with Gasteiger partial charge in [0.2, 0.25) is 0 Å². The first kappa shape index (κ1) is 23.5. The van der Waals surface area contributed by atoms with Gasteiger partial charge in [0.25, 0.3) is 5.91 Å². The second kappa shape index (κ2) is 10.5. The van der Waals surface area contributed by atoms with Gasteiger partial charge in [0.15, 0.2) is 5.78 Å². The minimum absolute atomic E-state index is 0.0408. The van der Waals surface area contributed by atoms with Crippen molar-refractivity contribution in [2.75, 3.05) is 20.3 Å². The molecule has 1 amide bonds. The molecule has 2 atom stereocenters. The summed E-state index contributed by atoms with van der Waals surface area (Å²) >= 11 is 5.97. The van der Waals surface area contributed by atoms with Gasteiger partial charge in [0, 0.05) is 53.8 Å². The average molecular weight is 468 g/mol. The lowest BCUT2D eigenvalue weighted by atomic mass is 9.78. The summed E-state index contributed by atoms with van der Waals surface area (Å²) in [5, 5.41) is 9.25. The molecule has 0 saturated heterocycles. The standard InChI is InChI=1S/C26H30ClN3O3/c1-17-22(26(32)28-12-13-33-2)10-11-24-23(17)16-30(29-24)15-18-4-3-5-20(14-18)25(31)19-6-8-21(27)9-7-19/h6-11,16,18,20H,3-5,12-15H2,1-2H3,(H,28,32). The van der Waals surface area contributed by atoms with Crippen molar-refractivity contribution in [1.29, 1.82) is 0 Å². The molecule has 1 N–H and O–H groups in total. The van der Waals surface area contributed by atoms with Crippen LogP contribution in [-0.2, 0) is 11.3 Å². The van der Waals surface area contributed by atoms with Crippen LogP contribution in [-0.4, -0.2) is 41.7 Å². The van der Waals surface area contributed by atoms with E-state index in [2.05, 4.69) is 5.32 Å². The van der Waals surface area contributed by atoms with Gasteiger partial charge in [0.05, 0.1) is 12.1 Å². The molecule has 1 heterocycles. The Morgan fingerprint density at radius 1 is 1.18 bits per heavy atom. The van der Waals surface area contributed by atoms with Crippen LogP contribution in [0.15, 0.2) is 42.6 Å². The SMILES string of the molecule is COCCNC(=O)c1ccc2nn(CC3CCCC(C(=O)c4ccc(Cl)cc4)C3)cc2c1C. The topological polar surface area (TPSA) is 73.2 Å². The number of Topliss-reactive ketones (excluding diaryl/α,β-unsaturated/α-hetero) is 1. The number of aromatic nitrogens is 2. The molecule has 174 valence electrons. The third-order valence-corrected chi connectivity index (χ3v) is 6.82. The van der Waals surface area contributed by atoms with Gasteiger partial charge in [-0.15, -0.1) is 0 Å². The van der Waals surface area contributed by atoms with Gasteiger partial charge in [-0.3, -0.25) is 14.3 Å². The molecule has 3 aromatic rings. The first-order valence-electron chi connectivity index (χ1n) is 11.5. The largest absolute Gasteiger partial charge is 0.383 e. The second-order valence-electron chi connectivity index (χ2n) is 8.87. The maximum Gasteiger partial charge on any atom is 0.251 e. The molecule has 0 aliphatic heterocycles. The van der Waals surface area contributed by atoms with E-state index in [-0.39, 0.29) is 17.6 Å². The number of nitrogens with zero attached hydrogens (tertiary/aromatic N) is 2. The molecule has 0 spiro atoms. The fraction of sp³-hybridized carbons (Fsp3) is 0.423. The molecule has 2 aromatic carbocycles. The average Bonchev–Trinajstić information content (AvgIpc) is 3.23. The van der Waals surface area contributed by atoms with Crippen LogP contribution in [0, 0.1) is 18.8 Å².